The second-order valence-corrected chi connectivity index (χ2v) is 4.84. The Morgan fingerprint density at radius 1 is 1.65 bits per heavy atom. The van der Waals surface area contributed by atoms with Gasteiger partial charge >= 0.3 is 0 Å². The molecule has 0 heterocycles. The lowest BCUT2D eigenvalue weighted by Gasteiger charge is -2.12. The number of hydrogen-bond donors (Lipinski definition) is 2. The number of carbonyl (C=O) groups excluding carboxylic acids is 1. The molecule has 0 aromatic heterocycles. The zero-order valence-electron chi connectivity index (χ0n) is 9.37. The summed E-state index contributed by atoms with van der Waals surface area (Å²) in [6.45, 7) is 0.544. The Balaban J connectivity index is 2.53. The van der Waals surface area contributed by atoms with Crippen molar-refractivity contribution in [2.45, 2.75) is 12.6 Å². The molecule has 0 fully saturated rings. The van der Waals surface area contributed by atoms with Crippen LogP contribution in [-0.4, -0.2) is 25.7 Å². The van der Waals surface area contributed by atoms with Gasteiger partial charge in [-0.25, -0.2) is 0 Å². The molecule has 17 heavy (non-hydrogen) atoms. The Bertz CT molecular complexity index is 401. The van der Waals surface area contributed by atoms with E-state index in [1.54, 1.807) is 6.07 Å². The highest BCUT2D eigenvalue weighted by atomic mass is 79.9. The number of methoxy groups -OCH3 is 1. The number of nitrogens with one attached hydrogen (secondary N) is 1. The predicted molar refractivity (Wildman–Crippen MR) is 70.9 cm³/mol. The van der Waals surface area contributed by atoms with Crippen LogP contribution in [-0.2, 0) is 16.1 Å². The van der Waals surface area contributed by atoms with Gasteiger partial charge in [0, 0.05) is 23.1 Å². The topological polar surface area (TPSA) is 64.3 Å². The molecule has 1 amide bonds. The molecule has 1 aromatic carbocycles. The number of halogens is 2. The molecule has 0 aliphatic heterocycles. The molecular formula is C11H14BrClN2O2. The highest BCUT2D eigenvalue weighted by Gasteiger charge is 2.12. The van der Waals surface area contributed by atoms with Gasteiger partial charge in [0.15, 0.2) is 0 Å². The van der Waals surface area contributed by atoms with Gasteiger partial charge < -0.3 is 15.8 Å². The van der Waals surface area contributed by atoms with Crippen molar-refractivity contribution in [1.29, 1.82) is 0 Å². The molecule has 0 saturated heterocycles. The van der Waals surface area contributed by atoms with Crippen molar-refractivity contribution in [2.24, 2.45) is 5.73 Å². The summed E-state index contributed by atoms with van der Waals surface area (Å²) in [4.78, 5) is 11.5. The fraction of sp³-hybridized carbons (Fsp3) is 0.364. The Morgan fingerprint density at radius 2 is 2.35 bits per heavy atom. The van der Waals surface area contributed by atoms with E-state index >= 15 is 0 Å². The monoisotopic (exact) mass is 320 g/mol. The lowest BCUT2D eigenvalue weighted by Crippen LogP contribution is -2.43. The maximum Gasteiger partial charge on any atom is 0.239 e. The van der Waals surface area contributed by atoms with Crippen molar-refractivity contribution in [3.05, 3.63) is 33.3 Å². The summed E-state index contributed by atoms with van der Waals surface area (Å²) in [5, 5.41) is 3.30. The van der Waals surface area contributed by atoms with E-state index in [0.29, 0.717) is 11.6 Å². The number of carbonyl (C=O) groups is 1. The summed E-state index contributed by atoms with van der Waals surface area (Å²) in [5.74, 6) is -0.258. The molecule has 0 spiro atoms. The second-order valence-electron chi connectivity index (χ2n) is 3.52. The van der Waals surface area contributed by atoms with Crippen molar-refractivity contribution >= 4 is 33.4 Å². The van der Waals surface area contributed by atoms with Crippen LogP contribution in [0.25, 0.3) is 0 Å². The summed E-state index contributed by atoms with van der Waals surface area (Å²) in [7, 11) is 1.50. The van der Waals surface area contributed by atoms with Crippen LogP contribution in [0.2, 0.25) is 5.02 Å². The molecule has 1 aromatic rings. The number of ether oxygens (including phenoxy) is 1. The van der Waals surface area contributed by atoms with Gasteiger partial charge in [-0.05, 0) is 17.7 Å². The van der Waals surface area contributed by atoms with E-state index in [1.807, 2.05) is 12.1 Å². The predicted octanol–water partition coefficient (Wildman–Crippen LogP) is 1.69. The average molecular weight is 322 g/mol. The van der Waals surface area contributed by atoms with Gasteiger partial charge in [-0.15, -0.1) is 0 Å². The highest BCUT2D eigenvalue weighted by molar-refractivity contribution is 9.10. The van der Waals surface area contributed by atoms with Crippen LogP contribution in [0.3, 0.4) is 0 Å². The number of rotatable bonds is 5. The third-order valence-electron chi connectivity index (χ3n) is 2.15. The summed E-state index contributed by atoms with van der Waals surface area (Å²) in [6, 6.07) is 4.82. The van der Waals surface area contributed by atoms with E-state index in [4.69, 9.17) is 22.1 Å². The maximum atomic E-state index is 11.5. The van der Waals surface area contributed by atoms with E-state index in [0.717, 1.165) is 10.0 Å². The molecule has 6 heteroatoms. The van der Waals surface area contributed by atoms with Gasteiger partial charge in [0.2, 0.25) is 5.91 Å². The van der Waals surface area contributed by atoms with Crippen molar-refractivity contribution in [3.63, 3.8) is 0 Å². The van der Waals surface area contributed by atoms with E-state index in [9.17, 15) is 4.79 Å². The van der Waals surface area contributed by atoms with E-state index in [2.05, 4.69) is 21.2 Å². The third-order valence-corrected chi connectivity index (χ3v) is 3.00. The van der Waals surface area contributed by atoms with Gasteiger partial charge in [0.1, 0.15) is 6.04 Å². The lowest BCUT2D eigenvalue weighted by molar-refractivity contribution is -0.123. The average Bonchev–Trinajstić information content (AvgIpc) is 2.27. The van der Waals surface area contributed by atoms with Gasteiger partial charge in [0.05, 0.1) is 6.61 Å². The third kappa shape index (κ3) is 4.63. The van der Waals surface area contributed by atoms with E-state index in [-0.39, 0.29) is 12.5 Å². The molecule has 0 bridgehead atoms. The Kier molecular flexibility index (Phi) is 5.91. The quantitative estimate of drug-likeness (QED) is 0.867. The Hall–Kier alpha value is -0.620. The van der Waals surface area contributed by atoms with Gasteiger partial charge in [-0.3, -0.25) is 4.79 Å². The lowest BCUT2D eigenvalue weighted by atomic mass is 10.2. The first kappa shape index (κ1) is 14.4. The van der Waals surface area contributed by atoms with Crippen LogP contribution in [0.15, 0.2) is 22.7 Å². The second kappa shape index (κ2) is 6.96. The number of amides is 1. The zero-order valence-corrected chi connectivity index (χ0v) is 11.7. The van der Waals surface area contributed by atoms with Gasteiger partial charge in [-0.1, -0.05) is 33.6 Å². The number of hydrogen-bond acceptors (Lipinski definition) is 3. The standard InChI is InChI=1S/C11H14BrClN2O2/c1-17-6-10(14)11(16)15-5-7-2-3-8(12)4-9(7)13/h2-4,10H,5-6,14H2,1H3,(H,15,16). The molecule has 94 valence electrons. The SMILES string of the molecule is COCC(N)C(=O)NCc1ccc(Br)cc1Cl. The van der Waals surface area contributed by atoms with Crippen LogP contribution >= 0.6 is 27.5 Å². The van der Waals surface area contributed by atoms with Crippen LogP contribution in [0, 0.1) is 0 Å². The van der Waals surface area contributed by atoms with E-state index < -0.39 is 6.04 Å². The minimum Gasteiger partial charge on any atom is -0.383 e. The first-order chi connectivity index (χ1) is 8.04. The molecule has 0 aliphatic carbocycles. The fourth-order valence-electron chi connectivity index (χ4n) is 1.23. The zero-order chi connectivity index (χ0) is 12.8. The normalized spacial score (nSPS) is 12.2. The summed E-state index contributed by atoms with van der Waals surface area (Å²) in [6.07, 6.45) is 0. The molecule has 0 saturated carbocycles. The fourth-order valence-corrected chi connectivity index (χ4v) is 1.97. The molecule has 1 unspecified atom stereocenters. The van der Waals surface area contributed by atoms with Gasteiger partial charge in [0.25, 0.3) is 0 Å². The molecule has 0 aliphatic rings. The van der Waals surface area contributed by atoms with Crippen molar-refractivity contribution in [1.82, 2.24) is 5.32 Å². The van der Waals surface area contributed by atoms with Crippen LogP contribution in [0.4, 0.5) is 0 Å². The smallest absolute Gasteiger partial charge is 0.239 e. The highest BCUT2D eigenvalue weighted by Crippen LogP contribution is 2.21. The molecule has 0 radical (unpaired) electrons. The first-order valence-electron chi connectivity index (χ1n) is 5.00. The summed E-state index contributed by atoms with van der Waals surface area (Å²) in [5.41, 5.74) is 6.42. The van der Waals surface area contributed by atoms with Crippen molar-refractivity contribution in [3.8, 4) is 0 Å². The van der Waals surface area contributed by atoms with Gasteiger partial charge in [-0.2, -0.15) is 0 Å². The van der Waals surface area contributed by atoms with Crippen molar-refractivity contribution < 1.29 is 9.53 Å². The number of nitrogens with two attached hydrogens (primary N) is 1. The maximum absolute atomic E-state index is 11.5. The minimum absolute atomic E-state index is 0.194. The molecule has 1 atom stereocenters. The minimum atomic E-state index is -0.658. The molecule has 1 rings (SSSR count). The van der Waals surface area contributed by atoms with Crippen LogP contribution < -0.4 is 11.1 Å². The largest absolute Gasteiger partial charge is 0.383 e. The Morgan fingerprint density at radius 3 is 2.94 bits per heavy atom. The molecule has 3 N–H and O–H groups in total. The van der Waals surface area contributed by atoms with Crippen LogP contribution in [0.1, 0.15) is 5.56 Å². The van der Waals surface area contributed by atoms with Crippen molar-refractivity contribution in [2.75, 3.05) is 13.7 Å². The number of benzene rings is 1. The summed E-state index contributed by atoms with van der Waals surface area (Å²) < 4.78 is 5.70. The Labute approximate surface area is 114 Å². The summed E-state index contributed by atoms with van der Waals surface area (Å²) >= 11 is 9.33. The first-order valence-corrected chi connectivity index (χ1v) is 6.18. The van der Waals surface area contributed by atoms with E-state index in [1.165, 1.54) is 7.11 Å². The van der Waals surface area contributed by atoms with Crippen LogP contribution in [0.5, 0.6) is 0 Å². The molecule has 4 nitrogen and oxygen atoms in total. The molecular weight excluding hydrogens is 307 g/mol.